The molecule has 2 fully saturated rings. The van der Waals surface area contributed by atoms with Crippen LogP contribution < -0.4 is 5.32 Å². The van der Waals surface area contributed by atoms with E-state index in [0.29, 0.717) is 0 Å². The minimum Gasteiger partial charge on any atom is -0.347 e. The van der Waals surface area contributed by atoms with E-state index in [0.717, 1.165) is 24.9 Å². The SMILES string of the molecule is c1ccc2c(c1)c(CCNC1CC1)cn2CC1CCCC1. The Kier molecular flexibility index (Phi) is 3.72. The molecule has 0 unspecified atom stereocenters. The summed E-state index contributed by atoms with van der Waals surface area (Å²) in [6, 6.07) is 9.77. The van der Waals surface area contributed by atoms with Crippen LogP contribution in [0.5, 0.6) is 0 Å². The summed E-state index contributed by atoms with van der Waals surface area (Å²) in [5.74, 6) is 0.901. The first kappa shape index (κ1) is 13.4. The topological polar surface area (TPSA) is 17.0 Å². The van der Waals surface area contributed by atoms with Gasteiger partial charge in [-0.15, -0.1) is 0 Å². The van der Waals surface area contributed by atoms with Crippen molar-refractivity contribution in [2.75, 3.05) is 6.54 Å². The second kappa shape index (κ2) is 5.84. The van der Waals surface area contributed by atoms with Gasteiger partial charge in [0.25, 0.3) is 0 Å². The van der Waals surface area contributed by atoms with Crippen molar-refractivity contribution < 1.29 is 0 Å². The van der Waals surface area contributed by atoms with Gasteiger partial charge >= 0.3 is 0 Å². The minimum absolute atomic E-state index is 0.817. The zero-order valence-corrected chi connectivity index (χ0v) is 12.9. The number of aromatic nitrogens is 1. The number of hydrogen-bond acceptors (Lipinski definition) is 1. The Hall–Kier alpha value is -1.28. The number of para-hydroxylation sites is 1. The first-order valence-electron chi connectivity index (χ1n) is 8.70. The first-order chi connectivity index (χ1) is 10.4. The lowest BCUT2D eigenvalue weighted by atomic mass is 10.1. The van der Waals surface area contributed by atoms with Gasteiger partial charge in [-0.3, -0.25) is 0 Å². The van der Waals surface area contributed by atoms with E-state index in [1.165, 1.54) is 61.5 Å². The van der Waals surface area contributed by atoms with E-state index in [2.05, 4.69) is 40.3 Å². The smallest absolute Gasteiger partial charge is 0.0483 e. The molecule has 0 atom stereocenters. The molecule has 0 bridgehead atoms. The van der Waals surface area contributed by atoms with Crippen molar-refractivity contribution in [2.24, 2.45) is 5.92 Å². The molecule has 2 heteroatoms. The highest BCUT2D eigenvalue weighted by Gasteiger charge is 2.20. The molecule has 2 aliphatic carbocycles. The highest BCUT2D eigenvalue weighted by Crippen LogP contribution is 2.29. The van der Waals surface area contributed by atoms with E-state index >= 15 is 0 Å². The monoisotopic (exact) mass is 282 g/mol. The quantitative estimate of drug-likeness (QED) is 0.843. The summed E-state index contributed by atoms with van der Waals surface area (Å²) < 4.78 is 2.53. The molecule has 21 heavy (non-hydrogen) atoms. The molecule has 0 saturated heterocycles. The second-order valence-corrected chi connectivity index (χ2v) is 6.95. The van der Waals surface area contributed by atoms with Crippen LogP contribution in [0.1, 0.15) is 44.1 Å². The van der Waals surface area contributed by atoms with Crippen molar-refractivity contribution in [3.63, 3.8) is 0 Å². The predicted octanol–water partition coefficient (Wildman–Crippen LogP) is 4.13. The lowest BCUT2D eigenvalue weighted by Gasteiger charge is -2.11. The molecule has 0 radical (unpaired) electrons. The number of hydrogen-bond donors (Lipinski definition) is 1. The Bertz CT molecular complexity index is 603. The zero-order valence-electron chi connectivity index (χ0n) is 12.9. The van der Waals surface area contributed by atoms with Gasteiger partial charge < -0.3 is 9.88 Å². The van der Waals surface area contributed by atoms with Crippen LogP contribution >= 0.6 is 0 Å². The van der Waals surface area contributed by atoms with Crippen LogP contribution in [0.4, 0.5) is 0 Å². The maximum absolute atomic E-state index is 3.64. The second-order valence-electron chi connectivity index (χ2n) is 6.95. The predicted molar refractivity (Wildman–Crippen MR) is 88.6 cm³/mol. The van der Waals surface area contributed by atoms with Gasteiger partial charge in [0.2, 0.25) is 0 Å². The molecule has 1 aromatic carbocycles. The lowest BCUT2D eigenvalue weighted by molar-refractivity contribution is 0.465. The highest BCUT2D eigenvalue weighted by molar-refractivity contribution is 5.84. The van der Waals surface area contributed by atoms with Crippen LogP contribution in [0.25, 0.3) is 10.9 Å². The third-order valence-corrected chi connectivity index (χ3v) is 5.21. The number of rotatable bonds is 6. The van der Waals surface area contributed by atoms with Crippen molar-refractivity contribution in [3.8, 4) is 0 Å². The molecule has 1 heterocycles. The summed E-state index contributed by atoms with van der Waals surface area (Å²) in [5.41, 5.74) is 2.96. The molecule has 1 aromatic heterocycles. The molecular weight excluding hydrogens is 256 g/mol. The largest absolute Gasteiger partial charge is 0.347 e. The highest BCUT2D eigenvalue weighted by atomic mass is 15.0. The maximum Gasteiger partial charge on any atom is 0.0483 e. The third-order valence-electron chi connectivity index (χ3n) is 5.21. The lowest BCUT2D eigenvalue weighted by Crippen LogP contribution is -2.19. The molecule has 1 N–H and O–H groups in total. The summed E-state index contributed by atoms with van der Waals surface area (Å²) >= 11 is 0. The molecule has 2 saturated carbocycles. The molecule has 0 aliphatic heterocycles. The van der Waals surface area contributed by atoms with Crippen LogP contribution in [0.2, 0.25) is 0 Å². The van der Waals surface area contributed by atoms with Gasteiger partial charge in [-0.25, -0.2) is 0 Å². The van der Waals surface area contributed by atoms with Crippen molar-refractivity contribution in [1.82, 2.24) is 9.88 Å². The summed E-state index contributed by atoms with van der Waals surface area (Å²) in [4.78, 5) is 0. The number of nitrogens with one attached hydrogen (secondary N) is 1. The number of benzene rings is 1. The molecular formula is C19H26N2. The molecule has 2 nitrogen and oxygen atoms in total. The van der Waals surface area contributed by atoms with Gasteiger partial charge in [0.1, 0.15) is 0 Å². The van der Waals surface area contributed by atoms with E-state index in [1.807, 2.05) is 0 Å². The average molecular weight is 282 g/mol. The number of nitrogens with zero attached hydrogens (tertiary/aromatic N) is 1. The number of fused-ring (bicyclic) bond motifs is 1. The van der Waals surface area contributed by atoms with Crippen LogP contribution in [-0.2, 0) is 13.0 Å². The van der Waals surface area contributed by atoms with Gasteiger partial charge in [-0.1, -0.05) is 31.0 Å². The zero-order chi connectivity index (χ0) is 14.1. The standard InChI is InChI=1S/C19H26N2/c1-2-6-15(5-1)13-21-14-16(11-12-20-17-9-10-17)18-7-3-4-8-19(18)21/h3-4,7-8,14-15,17,20H,1-2,5-6,9-13H2. The van der Waals surface area contributed by atoms with E-state index < -0.39 is 0 Å². The van der Waals surface area contributed by atoms with Gasteiger partial charge in [0.15, 0.2) is 0 Å². The summed E-state index contributed by atoms with van der Waals surface area (Å²) in [6.07, 6.45) is 12.1. The van der Waals surface area contributed by atoms with E-state index in [-0.39, 0.29) is 0 Å². The van der Waals surface area contributed by atoms with Gasteiger partial charge in [-0.2, -0.15) is 0 Å². The third kappa shape index (κ3) is 3.01. The minimum atomic E-state index is 0.817. The van der Waals surface area contributed by atoms with E-state index in [1.54, 1.807) is 0 Å². The fraction of sp³-hybridized carbons (Fsp3) is 0.579. The van der Waals surface area contributed by atoms with Crippen molar-refractivity contribution in [1.29, 1.82) is 0 Å². The van der Waals surface area contributed by atoms with Crippen LogP contribution in [0, 0.1) is 5.92 Å². The maximum atomic E-state index is 3.64. The summed E-state index contributed by atoms with van der Waals surface area (Å²) in [6.45, 7) is 2.35. The van der Waals surface area contributed by atoms with Crippen molar-refractivity contribution in [2.45, 2.75) is 57.5 Å². The Balaban J connectivity index is 1.53. The fourth-order valence-corrected chi connectivity index (χ4v) is 3.84. The Morgan fingerprint density at radius 2 is 1.86 bits per heavy atom. The molecule has 2 aliphatic rings. The molecule has 4 rings (SSSR count). The Morgan fingerprint density at radius 3 is 2.67 bits per heavy atom. The van der Waals surface area contributed by atoms with Crippen molar-refractivity contribution >= 4 is 10.9 Å². The van der Waals surface area contributed by atoms with Gasteiger partial charge in [0, 0.05) is 29.7 Å². The van der Waals surface area contributed by atoms with E-state index in [9.17, 15) is 0 Å². The molecule has 112 valence electrons. The summed E-state index contributed by atoms with van der Waals surface area (Å²) in [5, 5.41) is 5.11. The normalized spacial score (nSPS) is 19.6. The molecule has 2 aromatic rings. The van der Waals surface area contributed by atoms with Gasteiger partial charge in [-0.05, 0) is 56.2 Å². The fourth-order valence-electron chi connectivity index (χ4n) is 3.84. The van der Waals surface area contributed by atoms with Gasteiger partial charge in [0.05, 0.1) is 0 Å². The summed E-state index contributed by atoms with van der Waals surface area (Å²) in [7, 11) is 0. The van der Waals surface area contributed by atoms with E-state index in [4.69, 9.17) is 0 Å². The molecule has 0 amide bonds. The Labute approximate surface area is 127 Å². The first-order valence-corrected chi connectivity index (χ1v) is 8.70. The molecule has 0 spiro atoms. The van der Waals surface area contributed by atoms with Crippen LogP contribution in [-0.4, -0.2) is 17.2 Å². The van der Waals surface area contributed by atoms with Crippen LogP contribution in [0.3, 0.4) is 0 Å². The van der Waals surface area contributed by atoms with Crippen molar-refractivity contribution in [3.05, 3.63) is 36.0 Å². The average Bonchev–Trinajstić information content (AvgIpc) is 3.07. The Morgan fingerprint density at radius 1 is 1.05 bits per heavy atom. The van der Waals surface area contributed by atoms with Crippen LogP contribution in [0.15, 0.2) is 30.5 Å².